The van der Waals surface area contributed by atoms with Crippen molar-refractivity contribution in [3.8, 4) is 0 Å². The van der Waals surface area contributed by atoms with Crippen LogP contribution < -0.4 is 10.2 Å². The van der Waals surface area contributed by atoms with Gasteiger partial charge in [0, 0.05) is 38.3 Å². The van der Waals surface area contributed by atoms with Crippen LogP contribution in [0.15, 0.2) is 48.5 Å². The molecule has 0 radical (unpaired) electrons. The number of nitrogens with one attached hydrogen (secondary N) is 1. The highest BCUT2D eigenvalue weighted by Crippen LogP contribution is 2.22. The molecule has 0 aliphatic carbocycles. The lowest BCUT2D eigenvalue weighted by molar-refractivity contribution is -0.121. The second-order valence-corrected chi connectivity index (χ2v) is 8.44. The number of amides is 2. The molecule has 0 aromatic heterocycles. The molecular formula is C25H31N3O3. The number of nitrogens with zero attached hydrogens (tertiary/aromatic N) is 2. The van der Waals surface area contributed by atoms with Gasteiger partial charge in [-0.3, -0.25) is 14.5 Å². The molecule has 2 aromatic rings. The molecule has 4 rings (SSSR count). The SMILES string of the molecule is Cc1ccc([C@H](CN2CCOCC2)NC(=O)Cc2ccc(N3CCCC3=O)cc2)cc1. The predicted octanol–water partition coefficient (Wildman–Crippen LogP) is 2.85. The number of carbonyl (C=O) groups is 2. The van der Waals surface area contributed by atoms with E-state index < -0.39 is 0 Å². The third-order valence-electron chi connectivity index (χ3n) is 6.05. The second-order valence-electron chi connectivity index (χ2n) is 8.44. The van der Waals surface area contributed by atoms with Gasteiger partial charge in [-0.1, -0.05) is 42.0 Å². The van der Waals surface area contributed by atoms with Crippen LogP contribution in [0.1, 0.15) is 35.6 Å². The van der Waals surface area contributed by atoms with Crippen LogP contribution in [0, 0.1) is 6.92 Å². The maximum Gasteiger partial charge on any atom is 0.227 e. The van der Waals surface area contributed by atoms with Crippen molar-refractivity contribution < 1.29 is 14.3 Å². The molecule has 6 heteroatoms. The van der Waals surface area contributed by atoms with Crippen LogP contribution in [0.5, 0.6) is 0 Å². The largest absolute Gasteiger partial charge is 0.379 e. The Balaban J connectivity index is 1.40. The summed E-state index contributed by atoms with van der Waals surface area (Å²) in [5.74, 6) is 0.179. The maximum absolute atomic E-state index is 12.9. The first-order valence-corrected chi connectivity index (χ1v) is 11.1. The molecule has 1 N–H and O–H groups in total. The lowest BCUT2D eigenvalue weighted by atomic mass is 10.0. The smallest absolute Gasteiger partial charge is 0.227 e. The van der Waals surface area contributed by atoms with E-state index in [1.807, 2.05) is 29.2 Å². The number of carbonyl (C=O) groups excluding carboxylic acids is 2. The highest BCUT2D eigenvalue weighted by atomic mass is 16.5. The Bertz CT molecular complexity index is 889. The number of benzene rings is 2. The molecule has 2 aliphatic heterocycles. The minimum absolute atomic E-state index is 0.00355. The minimum atomic E-state index is -0.0623. The van der Waals surface area contributed by atoms with Crippen LogP contribution in [-0.2, 0) is 20.7 Å². The minimum Gasteiger partial charge on any atom is -0.379 e. The Labute approximate surface area is 184 Å². The van der Waals surface area contributed by atoms with Gasteiger partial charge in [0.2, 0.25) is 11.8 Å². The summed E-state index contributed by atoms with van der Waals surface area (Å²) in [4.78, 5) is 29.0. The van der Waals surface area contributed by atoms with E-state index in [1.54, 1.807) is 0 Å². The number of aryl methyl sites for hydroxylation is 1. The van der Waals surface area contributed by atoms with E-state index in [2.05, 4.69) is 41.4 Å². The molecule has 164 valence electrons. The molecule has 2 saturated heterocycles. The number of hydrogen-bond donors (Lipinski definition) is 1. The van der Waals surface area contributed by atoms with Crippen LogP contribution in [0.3, 0.4) is 0 Å². The van der Waals surface area contributed by atoms with E-state index >= 15 is 0 Å². The first-order valence-electron chi connectivity index (χ1n) is 11.1. The van der Waals surface area contributed by atoms with Crippen LogP contribution >= 0.6 is 0 Å². The van der Waals surface area contributed by atoms with Gasteiger partial charge in [-0.15, -0.1) is 0 Å². The Morgan fingerprint density at radius 3 is 2.39 bits per heavy atom. The van der Waals surface area contributed by atoms with Crippen molar-refractivity contribution in [3.05, 3.63) is 65.2 Å². The van der Waals surface area contributed by atoms with Gasteiger partial charge >= 0.3 is 0 Å². The predicted molar refractivity (Wildman–Crippen MR) is 121 cm³/mol. The van der Waals surface area contributed by atoms with Crippen molar-refractivity contribution in [2.24, 2.45) is 0 Å². The van der Waals surface area contributed by atoms with Gasteiger partial charge in [0.05, 0.1) is 25.7 Å². The first-order chi connectivity index (χ1) is 15.1. The average molecular weight is 422 g/mol. The van der Waals surface area contributed by atoms with E-state index in [9.17, 15) is 9.59 Å². The highest BCUT2D eigenvalue weighted by Gasteiger charge is 2.22. The topological polar surface area (TPSA) is 61.9 Å². The molecule has 1 atom stereocenters. The molecule has 0 saturated carbocycles. The molecular weight excluding hydrogens is 390 g/mol. The monoisotopic (exact) mass is 421 g/mol. The summed E-state index contributed by atoms with van der Waals surface area (Å²) in [7, 11) is 0. The van der Waals surface area contributed by atoms with Gasteiger partial charge < -0.3 is 15.0 Å². The highest BCUT2D eigenvalue weighted by molar-refractivity contribution is 5.95. The fraction of sp³-hybridized carbons (Fsp3) is 0.440. The molecule has 2 fully saturated rings. The van der Waals surface area contributed by atoms with Crippen molar-refractivity contribution in [3.63, 3.8) is 0 Å². The zero-order chi connectivity index (χ0) is 21.6. The summed E-state index contributed by atoms with van der Waals surface area (Å²) in [5, 5.41) is 3.24. The van der Waals surface area contributed by atoms with Gasteiger partial charge in [0.1, 0.15) is 0 Å². The Morgan fingerprint density at radius 1 is 1.03 bits per heavy atom. The zero-order valence-corrected chi connectivity index (χ0v) is 18.2. The van der Waals surface area contributed by atoms with Gasteiger partial charge in [-0.05, 0) is 36.6 Å². The van der Waals surface area contributed by atoms with Crippen LogP contribution in [0.2, 0.25) is 0 Å². The normalized spacial score (nSPS) is 18.2. The molecule has 2 aliphatic rings. The number of ether oxygens (including phenoxy) is 1. The molecule has 2 heterocycles. The molecule has 2 amide bonds. The van der Waals surface area contributed by atoms with Crippen LogP contribution in [0.25, 0.3) is 0 Å². The number of morpholine rings is 1. The average Bonchev–Trinajstić information content (AvgIpc) is 3.21. The van der Waals surface area contributed by atoms with Gasteiger partial charge in [-0.25, -0.2) is 0 Å². The van der Waals surface area contributed by atoms with Gasteiger partial charge in [0.25, 0.3) is 0 Å². The first kappa shape index (κ1) is 21.5. The van der Waals surface area contributed by atoms with Crippen molar-refractivity contribution in [2.45, 2.75) is 32.2 Å². The lowest BCUT2D eigenvalue weighted by Gasteiger charge is -2.31. The Hall–Kier alpha value is -2.70. The fourth-order valence-electron chi connectivity index (χ4n) is 4.22. The van der Waals surface area contributed by atoms with Crippen molar-refractivity contribution in [1.82, 2.24) is 10.2 Å². The fourth-order valence-corrected chi connectivity index (χ4v) is 4.22. The molecule has 0 bridgehead atoms. The number of rotatable bonds is 7. The zero-order valence-electron chi connectivity index (χ0n) is 18.2. The summed E-state index contributed by atoms with van der Waals surface area (Å²) in [5.41, 5.74) is 4.18. The van der Waals surface area contributed by atoms with Gasteiger partial charge in [0.15, 0.2) is 0 Å². The quantitative estimate of drug-likeness (QED) is 0.747. The summed E-state index contributed by atoms with van der Waals surface area (Å²) in [6.45, 7) is 6.86. The van der Waals surface area contributed by atoms with Crippen LogP contribution in [0.4, 0.5) is 5.69 Å². The summed E-state index contributed by atoms with van der Waals surface area (Å²) < 4.78 is 5.46. The third-order valence-corrected chi connectivity index (χ3v) is 6.05. The second kappa shape index (κ2) is 10.1. The van der Waals surface area contributed by atoms with Crippen LogP contribution in [-0.4, -0.2) is 56.1 Å². The summed E-state index contributed by atoms with van der Waals surface area (Å²) >= 11 is 0. The van der Waals surface area contributed by atoms with Crippen molar-refractivity contribution in [1.29, 1.82) is 0 Å². The van der Waals surface area contributed by atoms with E-state index in [0.29, 0.717) is 12.8 Å². The summed E-state index contributed by atoms with van der Waals surface area (Å²) in [6, 6.07) is 16.1. The van der Waals surface area contributed by atoms with E-state index in [0.717, 1.165) is 62.6 Å². The number of anilines is 1. The van der Waals surface area contributed by atoms with E-state index in [4.69, 9.17) is 4.74 Å². The third kappa shape index (κ3) is 5.71. The molecule has 0 unspecified atom stereocenters. The maximum atomic E-state index is 12.9. The lowest BCUT2D eigenvalue weighted by Crippen LogP contribution is -2.43. The molecule has 6 nitrogen and oxygen atoms in total. The molecule has 2 aromatic carbocycles. The van der Waals surface area contributed by atoms with Crippen molar-refractivity contribution >= 4 is 17.5 Å². The number of hydrogen-bond acceptors (Lipinski definition) is 4. The van der Waals surface area contributed by atoms with Crippen molar-refractivity contribution in [2.75, 3.05) is 44.3 Å². The summed E-state index contributed by atoms with van der Waals surface area (Å²) in [6.07, 6.45) is 1.85. The molecule has 0 spiro atoms. The van der Waals surface area contributed by atoms with E-state index in [-0.39, 0.29) is 17.9 Å². The Morgan fingerprint density at radius 2 is 1.74 bits per heavy atom. The van der Waals surface area contributed by atoms with E-state index in [1.165, 1.54) is 5.56 Å². The van der Waals surface area contributed by atoms with Gasteiger partial charge in [-0.2, -0.15) is 0 Å². The standard InChI is InChI=1S/C25H31N3O3/c1-19-4-8-21(9-5-19)23(18-27-13-15-31-16-14-27)26-24(29)17-20-6-10-22(11-7-20)28-12-2-3-25(28)30/h4-11,23H,2-3,12-18H2,1H3,(H,26,29)/t23-/m0/s1. The Kier molecular flexibility index (Phi) is 6.99. The molecule has 31 heavy (non-hydrogen) atoms.